The molecule has 0 unspecified atom stereocenters. The quantitative estimate of drug-likeness (QED) is 0.747. The van der Waals surface area contributed by atoms with E-state index in [0.717, 1.165) is 22.8 Å². The van der Waals surface area contributed by atoms with Crippen molar-refractivity contribution in [1.29, 1.82) is 0 Å². The molecule has 0 fully saturated rings. The van der Waals surface area contributed by atoms with Gasteiger partial charge in [-0.25, -0.2) is 0 Å². The van der Waals surface area contributed by atoms with E-state index in [-0.39, 0.29) is 0 Å². The zero-order valence-electron chi connectivity index (χ0n) is 8.57. The molecule has 2 aromatic heterocycles. The lowest BCUT2D eigenvalue weighted by atomic mass is 10.2. The summed E-state index contributed by atoms with van der Waals surface area (Å²) in [5.74, 6) is 1.92. The number of hydrogen-bond acceptors (Lipinski definition) is 4. The second-order valence-corrected chi connectivity index (χ2v) is 3.58. The van der Waals surface area contributed by atoms with E-state index in [1.54, 1.807) is 6.33 Å². The van der Waals surface area contributed by atoms with Crippen LogP contribution in [0.15, 0.2) is 10.9 Å². The van der Waals surface area contributed by atoms with E-state index in [2.05, 4.69) is 15.4 Å². The van der Waals surface area contributed by atoms with Gasteiger partial charge in [-0.15, -0.1) is 21.8 Å². The van der Waals surface area contributed by atoms with E-state index in [1.165, 1.54) is 0 Å². The van der Waals surface area contributed by atoms with E-state index < -0.39 is 0 Å². The van der Waals surface area contributed by atoms with Crippen molar-refractivity contribution in [2.45, 2.75) is 26.3 Å². The molecule has 0 amide bonds. The van der Waals surface area contributed by atoms with E-state index in [4.69, 9.17) is 16.1 Å². The normalized spacial score (nSPS) is 10.9. The first-order chi connectivity index (χ1) is 7.22. The van der Waals surface area contributed by atoms with Crippen LogP contribution in [0.25, 0.3) is 0 Å². The van der Waals surface area contributed by atoms with E-state index in [1.807, 2.05) is 18.4 Å². The molecular formula is C9H11ClN4O. The Labute approximate surface area is 92.0 Å². The highest BCUT2D eigenvalue weighted by atomic mass is 35.5. The summed E-state index contributed by atoms with van der Waals surface area (Å²) in [5, 5.41) is 11.6. The zero-order chi connectivity index (χ0) is 10.8. The standard InChI is InChI=1S/C9H11ClN4O/c1-6-8(7(2)15-13-6)4-14-5-11-12-9(14)3-10/h5H,3-4H2,1-2H3. The molecule has 0 atom stereocenters. The first-order valence-corrected chi connectivity index (χ1v) is 5.10. The van der Waals surface area contributed by atoms with Gasteiger partial charge >= 0.3 is 0 Å². The lowest BCUT2D eigenvalue weighted by Crippen LogP contribution is -2.04. The second-order valence-electron chi connectivity index (χ2n) is 3.31. The fraction of sp³-hybridized carbons (Fsp3) is 0.444. The second kappa shape index (κ2) is 4.02. The Morgan fingerprint density at radius 1 is 1.47 bits per heavy atom. The average molecular weight is 227 g/mol. The molecule has 0 saturated heterocycles. The van der Waals surface area contributed by atoms with Crippen molar-refractivity contribution in [3.05, 3.63) is 29.2 Å². The minimum atomic E-state index is 0.351. The molecule has 15 heavy (non-hydrogen) atoms. The summed E-state index contributed by atoms with van der Waals surface area (Å²) in [5.41, 5.74) is 1.95. The minimum absolute atomic E-state index is 0.351. The van der Waals surface area contributed by atoms with Crippen molar-refractivity contribution < 1.29 is 4.52 Å². The summed E-state index contributed by atoms with van der Waals surface area (Å²) >= 11 is 5.73. The summed E-state index contributed by atoms with van der Waals surface area (Å²) in [6, 6.07) is 0. The zero-order valence-corrected chi connectivity index (χ0v) is 9.32. The van der Waals surface area contributed by atoms with E-state index in [0.29, 0.717) is 12.4 Å². The van der Waals surface area contributed by atoms with Crippen LogP contribution in [-0.2, 0) is 12.4 Å². The molecule has 2 rings (SSSR count). The van der Waals surface area contributed by atoms with Gasteiger partial charge in [-0.05, 0) is 13.8 Å². The highest BCUT2D eigenvalue weighted by Crippen LogP contribution is 2.14. The van der Waals surface area contributed by atoms with Crippen molar-refractivity contribution >= 4 is 11.6 Å². The molecule has 2 heterocycles. The Kier molecular flexibility index (Phi) is 2.73. The van der Waals surface area contributed by atoms with Crippen molar-refractivity contribution in [1.82, 2.24) is 19.9 Å². The van der Waals surface area contributed by atoms with Crippen molar-refractivity contribution in [2.24, 2.45) is 0 Å². The van der Waals surface area contributed by atoms with Crippen LogP contribution < -0.4 is 0 Å². The molecule has 5 nitrogen and oxygen atoms in total. The largest absolute Gasteiger partial charge is 0.361 e. The molecule has 0 N–H and O–H groups in total. The number of hydrogen-bond donors (Lipinski definition) is 0. The molecular weight excluding hydrogens is 216 g/mol. The van der Waals surface area contributed by atoms with Crippen LogP contribution in [0.3, 0.4) is 0 Å². The summed E-state index contributed by atoms with van der Waals surface area (Å²) < 4.78 is 6.97. The third-order valence-corrected chi connectivity index (χ3v) is 2.56. The number of alkyl halides is 1. The van der Waals surface area contributed by atoms with Crippen molar-refractivity contribution in [3.63, 3.8) is 0 Å². The first kappa shape index (κ1) is 10.2. The summed E-state index contributed by atoms with van der Waals surface area (Å²) in [6.07, 6.45) is 1.66. The lowest BCUT2D eigenvalue weighted by molar-refractivity contribution is 0.392. The van der Waals surface area contributed by atoms with Gasteiger partial charge in [0.15, 0.2) is 0 Å². The minimum Gasteiger partial charge on any atom is -0.361 e. The Hall–Kier alpha value is -1.36. The average Bonchev–Trinajstić information content (AvgIpc) is 2.79. The van der Waals surface area contributed by atoms with Gasteiger partial charge in [0.2, 0.25) is 0 Å². The SMILES string of the molecule is Cc1noc(C)c1Cn1cnnc1CCl. The smallest absolute Gasteiger partial charge is 0.148 e. The van der Waals surface area contributed by atoms with Gasteiger partial charge < -0.3 is 9.09 Å². The number of aryl methyl sites for hydroxylation is 2. The molecule has 2 aromatic rings. The Morgan fingerprint density at radius 2 is 2.27 bits per heavy atom. The summed E-state index contributed by atoms with van der Waals surface area (Å²) in [6.45, 7) is 4.45. The fourth-order valence-corrected chi connectivity index (χ4v) is 1.62. The molecule has 0 saturated carbocycles. The molecule has 0 aliphatic rings. The monoisotopic (exact) mass is 226 g/mol. The van der Waals surface area contributed by atoms with E-state index in [9.17, 15) is 0 Å². The Balaban J connectivity index is 2.29. The highest BCUT2D eigenvalue weighted by molar-refractivity contribution is 6.16. The van der Waals surface area contributed by atoms with Crippen LogP contribution >= 0.6 is 11.6 Å². The first-order valence-electron chi connectivity index (χ1n) is 4.56. The molecule has 0 bridgehead atoms. The number of aromatic nitrogens is 4. The molecule has 80 valence electrons. The predicted octanol–water partition coefficient (Wildman–Crippen LogP) is 1.67. The van der Waals surface area contributed by atoms with Gasteiger partial charge in [0.25, 0.3) is 0 Å². The maximum Gasteiger partial charge on any atom is 0.148 e. The number of nitrogens with zero attached hydrogens (tertiary/aromatic N) is 4. The number of halogens is 1. The van der Waals surface area contributed by atoms with Gasteiger partial charge in [-0.3, -0.25) is 0 Å². The fourth-order valence-electron chi connectivity index (χ4n) is 1.41. The third kappa shape index (κ3) is 1.87. The topological polar surface area (TPSA) is 56.7 Å². The maximum absolute atomic E-state index is 5.73. The predicted molar refractivity (Wildman–Crippen MR) is 54.7 cm³/mol. The van der Waals surface area contributed by atoms with Crippen LogP contribution in [0.4, 0.5) is 0 Å². The molecule has 0 radical (unpaired) electrons. The summed E-state index contributed by atoms with van der Waals surface area (Å²) in [4.78, 5) is 0. The van der Waals surface area contributed by atoms with Crippen LogP contribution in [0, 0.1) is 13.8 Å². The molecule has 0 spiro atoms. The molecule has 0 aromatic carbocycles. The third-order valence-electron chi connectivity index (χ3n) is 2.32. The van der Waals surface area contributed by atoms with Crippen molar-refractivity contribution in [2.75, 3.05) is 0 Å². The molecule has 0 aliphatic carbocycles. The maximum atomic E-state index is 5.73. The lowest BCUT2D eigenvalue weighted by Gasteiger charge is -2.03. The van der Waals surface area contributed by atoms with Crippen LogP contribution in [0.2, 0.25) is 0 Å². The van der Waals surface area contributed by atoms with Crippen LogP contribution in [0.1, 0.15) is 22.8 Å². The van der Waals surface area contributed by atoms with Gasteiger partial charge in [-0.1, -0.05) is 5.16 Å². The highest BCUT2D eigenvalue weighted by Gasteiger charge is 2.11. The molecule has 6 heteroatoms. The number of rotatable bonds is 3. The van der Waals surface area contributed by atoms with Crippen molar-refractivity contribution in [3.8, 4) is 0 Å². The van der Waals surface area contributed by atoms with Gasteiger partial charge in [0.05, 0.1) is 18.1 Å². The Morgan fingerprint density at radius 3 is 2.87 bits per heavy atom. The summed E-state index contributed by atoms with van der Waals surface area (Å²) in [7, 11) is 0. The Bertz CT molecular complexity index is 443. The molecule has 0 aliphatic heterocycles. The van der Waals surface area contributed by atoms with Crippen LogP contribution in [-0.4, -0.2) is 19.9 Å². The van der Waals surface area contributed by atoms with Crippen LogP contribution in [0.5, 0.6) is 0 Å². The van der Waals surface area contributed by atoms with Gasteiger partial charge in [-0.2, -0.15) is 0 Å². The van der Waals surface area contributed by atoms with Gasteiger partial charge in [0, 0.05) is 5.56 Å². The van der Waals surface area contributed by atoms with E-state index >= 15 is 0 Å². The van der Waals surface area contributed by atoms with Gasteiger partial charge in [0.1, 0.15) is 17.9 Å².